The van der Waals surface area contributed by atoms with E-state index in [-0.39, 0.29) is 24.1 Å². The Morgan fingerprint density at radius 3 is 2.70 bits per heavy atom. The highest BCUT2D eigenvalue weighted by atomic mass is 16.5. The minimum Gasteiger partial charge on any atom is -0.453 e. The van der Waals surface area contributed by atoms with Crippen molar-refractivity contribution in [3.8, 4) is 17.6 Å². The van der Waals surface area contributed by atoms with E-state index in [0.29, 0.717) is 17.0 Å². The Bertz CT molecular complexity index is 1460. The summed E-state index contributed by atoms with van der Waals surface area (Å²) < 4.78 is 8.11. The van der Waals surface area contributed by atoms with Crippen LogP contribution in [0.5, 0.6) is 0 Å². The molecule has 0 aliphatic heterocycles. The Hall–Kier alpha value is -4.53. The van der Waals surface area contributed by atoms with Crippen LogP contribution in [0.3, 0.4) is 0 Å². The molecule has 12 nitrogen and oxygen atoms in total. The van der Waals surface area contributed by atoms with Crippen molar-refractivity contribution in [2.24, 2.45) is 0 Å². The third kappa shape index (κ3) is 5.06. The van der Waals surface area contributed by atoms with Gasteiger partial charge in [-0.15, -0.1) is 5.10 Å². The van der Waals surface area contributed by atoms with Gasteiger partial charge in [0.15, 0.2) is 11.5 Å². The number of nitrogens with one attached hydrogen (secondary N) is 2. The van der Waals surface area contributed by atoms with Gasteiger partial charge in [0.2, 0.25) is 0 Å². The zero-order chi connectivity index (χ0) is 25.9. The van der Waals surface area contributed by atoms with E-state index in [1.54, 1.807) is 27.8 Å². The second-order valence-electron chi connectivity index (χ2n) is 9.44. The Morgan fingerprint density at radius 1 is 1.16 bits per heavy atom. The van der Waals surface area contributed by atoms with Crippen molar-refractivity contribution in [2.45, 2.75) is 57.5 Å². The fourth-order valence-electron chi connectivity index (χ4n) is 4.65. The lowest BCUT2D eigenvalue weighted by Crippen LogP contribution is -2.37. The van der Waals surface area contributed by atoms with E-state index >= 15 is 0 Å². The van der Waals surface area contributed by atoms with Crippen LogP contribution in [0.1, 0.15) is 56.7 Å². The summed E-state index contributed by atoms with van der Waals surface area (Å²) in [6.07, 6.45) is 10.1. The van der Waals surface area contributed by atoms with Crippen LogP contribution in [-0.2, 0) is 4.74 Å². The number of carbonyl (C=O) groups excluding carboxylic acids is 1. The topological polar surface area (TPSA) is 148 Å². The molecule has 1 amide bonds. The second kappa shape index (κ2) is 10.2. The van der Waals surface area contributed by atoms with E-state index in [1.165, 1.54) is 13.3 Å². The van der Waals surface area contributed by atoms with Crippen LogP contribution in [-0.4, -0.2) is 60.0 Å². The third-order valence-electron chi connectivity index (χ3n) is 6.48. The van der Waals surface area contributed by atoms with Crippen molar-refractivity contribution in [1.29, 1.82) is 5.26 Å². The Kier molecular flexibility index (Phi) is 6.68. The Balaban J connectivity index is 1.40. The minimum atomic E-state index is -0.388. The molecule has 0 bridgehead atoms. The molecular weight excluding hydrogens is 472 g/mol. The minimum absolute atomic E-state index is 0.122. The SMILES string of the molecule is COC(=O)NC1CCC(c2cn(-c3cnc(-n4ncc5cc(C#N)cnc54)cc3NC(C)C)nn2)CC1. The number of nitriles is 1. The first-order valence-corrected chi connectivity index (χ1v) is 12.2. The van der Waals surface area contributed by atoms with Gasteiger partial charge in [-0.3, -0.25) is 0 Å². The molecule has 0 saturated heterocycles. The summed E-state index contributed by atoms with van der Waals surface area (Å²) in [4.78, 5) is 20.5. The van der Waals surface area contributed by atoms with Crippen LogP contribution in [0.25, 0.3) is 22.5 Å². The number of methoxy groups -OCH3 is 1. The van der Waals surface area contributed by atoms with Gasteiger partial charge in [-0.2, -0.15) is 15.0 Å². The zero-order valence-corrected chi connectivity index (χ0v) is 20.9. The molecule has 0 atom stereocenters. The lowest BCUT2D eigenvalue weighted by molar-refractivity contribution is 0.162. The van der Waals surface area contributed by atoms with Crippen LogP contribution in [0.2, 0.25) is 0 Å². The summed E-state index contributed by atoms with van der Waals surface area (Å²) in [5.74, 6) is 0.869. The largest absolute Gasteiger partial charge is 0.453 e. The monoisotopic (exact) mass is 500 g/mol. The summed E-state index contributed by atoms with van der Waals surface area (Å²) in [5.41, 5.74) is 3.63. The van der Waals surface area contributed by atoms with Crippen molar-refractivity contribution in [1.82, 2.24) is 40.1 Å². The molecular formula is C25H28N10O2. The molecule has 190 valence electrons. The van der Waals surface area contributed by atoms with Crippen molar-refractivity contribution >= 4 is 22.8 Å². The number of fused-ring (bicyclic) bond motifs is 1. The molecule has 37 heavy (non-hydrogen) atoms. The molecule has 1 fully saturated rings. The van der Waals surface area contributed by atoms with Crippen molar-refractivity contribution in [3.63, 3.8) is 0 Å². The molecule has 2 N–H and O–H groups in total. The predicted molar refractivity (Wildman–Crippen MR) is 136 cm³/mol. The average molecular weight is 501 g/mol. The number of nitrogens with zero attached hydrogens (tertiary/aromatic N) is 8. The lowest BCUT2D eigenvalue weighted by atomic mass is 9.84. The standard InChI is InChI=1S/C25H28N10O2/c1-15(2)30-20-9-23(35-24-18(12-29-35)8-16(10-26)11-28-24)27-13-22(20)34-14-21(32-33-34)17-4-6-19(7-5-17)31-25(36)37-3/h8-9,11-15,17,19H,4-7H2,1-3H3,(H,27,30)(H,31,36). The second-order valence-corrected chi connectivity index (χ2v) is 9.44. The number of rotatable bonds is 6. The molecule has 0 unspecified atom stereocenters. The van der Waals surface area contributed by atoms with Crippen LogP contribution >= 0.6 is 0 Å². The van der Waals surface area contributed by atoms with Gasteiger partial charge < -0.3 is 15.4 Å². The summed E-state index contributed by atoms with van der Waals surface area (Å²) in [6, 6.07) is 6.05. The van der Waals surface area contributed by atoms with Gasteiger partial charge >= 0.3 is 6.09 Å². The fourth-order valence-corrected chi connectivity index (χ4v) is 4.65. The lowest BCUT2D eigenvalue weighted by Gasteiger charge is -2.27. The first-order chi connectivity index (χ1) is 17.9. The number of aromatic nitrogens is 7. The molecule has 0 radical (unpaired) electrons. The number of hydrogen-bond acceptors (Lipinski definition) is 9. The van der Waals surface area contributed by atoms with E-state index < -0.39 is 0 Å². The highest BCUT2D eigenvalue weighted by Crippen LogP contribution is 2.33. The van der Waals surface area contributed by atoms with Crippen molar-refractivity contribution in [3.05, 3.63) is 48.2 Å². The maximum Gasteiger partial charge on any atom is 0.407 e. The normalized spacial score (nSPS) is 17.5. The molecule has 4 heterocycles. The number of pyridine rings is 2. The van der Waals surface area contributed by atoms with Gasteiger partial charge in [-0.1, -0.05) is 5.21 Å². The number of carbonyl (C=O) groups is 1. The third-order valence-corrected chi connectivity index (χ3v) is 6.48. The van der Waals surface area contributed by atoms with Gasteiger partial charge in [0.1, 0.15) is 11.8 Å². The molecule has 0 aromatic carbocycles. The van der Waals surface area contributed by atoms with Gasteiger partial charge in [0, 0.05) is 35.7 Å². The molecule has 5 rings (SSSR count). The quantitative estimate of drug-likeness (QED) is 0.406. The summed E-state index contributed by atoms with van der Waals surface area (Å²) >= 11 is 0. The summed E-state index contributed by atoms with van der Waals surface area (Å²) in [5, 5.41) is 29.6. The van der Waals surface area contributed by atoms with Gasteiger partial charge in [-0.25, -0.2) is 19.4 Å². The van der Waals surface area contributed by atoms with Gasteiger partial charge in [0.05, 0.1) is 42.6 Å². The van der Waals surface area contributed by atoms with E-state index in [2.05, 4.69) is 55.9 Å². The molecule has 1 aliphatic rings. The number of amides is 1. The van der Waals surface area contributed by atoms with E-state index in [9.17, 15) is 4.79 Å². The maximum absolute atomic E-state index is 11.5. The van der Waals surface area contributed by atoms with Crippen molar-refractivity contribution < 1.29 is 9.53 Å². The van der Waals surface area contributed by atoms with E-state index in [1.807, 2.05) is 12.3 Å². The first kappa shape index (κ1) is 24.2. The number of hydrogen-bond donors (Lipinski definition) is 2. The van der Waals surface area contributed by atoms with Gasteiger partial charge in [-0.05, 0) is 45.6 Å². The highest BCUT2D eigenvalue weighted by Gasteiger charge is 2.26. The number of ether oxygens (including phenoxy) is 1. The molecule has 0 spiro atoms. The summed E-state index contributed by atoms with van der Waals surface area (Å²) in [6.45, 7) is 4.12. The van der Waals surface area contributed by atoms with E-state index in [4.69, 9.17) is 10.00 Å². The predicted octanol–water partition coefficient (Wildman–Crippen LogP) is 3.47. The van der Waals surface area contributed by atoms with Gasteiger partial charge in [0.25, 0.3) is 0 Å². The van der Waals surface area contributed by atoms with Crippen LogP contribution in [0.15, 0.2) is 36.9 Å². The first-order valence-electron chi connectivity index (χ1n) is 12.2. The zero-order valence-electron chi connectivity index (χ0n) is 20.9. The fraction of sp³-hybridized carbons (Fsp3) is 0.400. The molecule has 1 aliphatic carbocycles. The molecule has 4 aromatic heterocycles. The number of alkyl carbamates (subject to hydrolysis) is 1. The molecule has 4 aromatic rings. The molecule has 1 saturated carbocycles. The van der Waals surface area contributed by atoms with Crippen LogP contribution < -0.4 is 10.6 Å². The highest BCUT2D eigenvalue weighted by molar-refractivity contribution is 5.77. The Morgan fingerprint density at radius 2 is 1.97 bits per heavy atom. The Labute approximate surface area is 213 Å². The van der Waals surface area contributed by atoms with E-state index in [0.717, 1.165) is 48.1 Å². The summed E-state index contributed by atoms with van der Waals surface area (Å²) in [7, 11) is 1.38. The maximum atomic E-state index is 11.5. The average Bonchev–Trinajstić information content (AvgIpc) is 3.56. The number of anilines is 1. The van der Waals surface area contributed by atoms with Crippen molar-refractivity contribution in [2.75, 3.05) is 12.4 Å². The van der Waals surface area contributed by atoms with Crippen LogP contribution in [0.4, 0.5) is 10.5 Å². The molecule has 12 heteroatoms. The smallest absolute Gasteiger partial charge is 0.407 e. The van der Waals surface area contributed by atoms with Crippen LogP contribution in [0, 0.1) is 11.3 Å².